The largest absolute Gasteiger partial charge is 0.368 e. The zero-order chi connectivity index (χ0) is 20.5. The summed E-state index contributed by atoms with van der Waals surface area (Å²) in [4.78, 5) is 13.8. The quantitative estimate of drug-likeness (QED) is 0.519. The number of benzene rings is 2. The smallest absolute Gasteiger partial charge is 0.237 e. The van der Waals surface area contributed by atoms with Gasteiger partial charge >= 0.3 is 0 Å². The van der Waals surface area contributed by atoms with Gasteiger partial charge in [-0.15, -0.1) is 0 Å². The number of aromatic amines is 1. The third-order valence-corrected chi connectivity index (χ3v) is 6.20. The zero-order valence-electron chi connectivity index (χ0n) is 17.1. The number of H-pyrrole nitrogens is 1. The van der Waals surface area contributed by atoms with Crippen LogP contribution >= 0.6 is 0 Å². The van der Waals surface area contributed by atoms with Crippen molar-refractivity contribution >= 4 is 27.7 Å². The fraction of sp³-hybridized carbons (Fsp3) is 0.333. The molecule has 154 valence electrons. The lowest BCUT2D eigenvalue weighted by Crippen LogP contribution is -2.35. The summed E-state index contributed by atoms with van der Waals surface area (Å²) in [5.74, 6) is 0.367. The average Bonchev–Trinajstić information content (AvgIpc) is 3.34. The minimum absolute atomic E-state index is 0.223. The predicted octanol–water partition coefficient (Wildman–Crippen LogP) is 3.46. The van der Waals surface area contributed by atoms with Gasteiger partial charge in [-0.1, -0.05) is 12.1 Å². The molecule has 1 saturated heterocycles. The Balaban J connectivity index is 1.25. The van der Waals surface area contributed by atoms with E-state index in [9.17, 15) is 4.79 Å². The summed E-state index contributed by atoms with van der Waals surface area (Å²) < 4.78 is 1.91. The van der Waals surface area contributed by atoms with Crippen molar-refractivity contribution in [3.05, 3.63) is 66.0 Å². The number of nitrogens with one attached hydrogen (secondary N) is 1. The van der Waals surface area contributed by atoms with Crippen LogP contribution in [0.2, 0.25) is 0 Å². The molecule has 5 rings (SSSR count). The Morgan fingerprint density at radius 1 is 1.13 bits per heavy atom. The molecule has 1 fully saturated rings. The number of aromatic nitrogens is 3. The van der Waals surface area contributed by atoms with Crippen molar-refractivity contribution in [1.82, 2.24) is 19.7 Å². The molecule has 1 atom stereocenters. The second kappa shape index (κ2) is 7.95. The van der Waals surface area contributed by atoms with Gasteiger partial charge in [0.05, 0.1) is 11.7 Å². The van der Waals surface area contributed by atoms with Gasteiger partial charge in [-0.05, 0) is 78.6 Å². The molecule has 6 heteroatoms. The Morgan fingerprint density at radius 3 is 2.90 bits per heavy atom. The van der Waals surface area contributed by atoms with Crippen molar-refractivity contribution in [2.24, 2.45) is 11.7 Å². The van der Waals surface area contributed by atoms with Crippen molar-refractivity contribution in [2.45, 2.75) is 32.4 Å². The van der Waals surface area contributed by atoms with E-state index in [4.69, 9.17) is 5.73 Å². The van der Waals surface area contributed by atoms with Gasteiger partial charge in [-0.2, -0.15) is 5.10 Å². The van der Waals surface area contributed by atoms with Gasteiger partial charge < -0.3 is 10.3 Å². The lowest BCUT2D eigenvalue weighted by atomic mass is 9.90. The second-order valence-electron chi connectivity index (χ2n) is 8.54. The van der Waals surface area contributed by atoms with Gasteiger partial charge in [0.25, 0.3) is 0 Å². The maximum atomic E-state index is 11.2. The molecule has 30 heavy (non-hydrogen) atoms. The number of carbonyl (C=O) groups is 1. The van der Waals surface area contributed by atoms with Gasteiger partial charge in [0.1, 0.15) is 6.54 Å². The summed E-state index contributed by atoms with van der Waals surface area (Å²) >= 11 is 0. The molecular formula is C24H27N5O. The molecule has 0 saturated carbocycles. The molecule has 1 aliphatic rings. The van der Waals surface area contributed by atoms with Crippen LogP contribution in [0.1, 0.15) is 24.0 Å². The van der Waals surface area contributed by atoms with E-state index in [-0.39, 0.29) is 12.5 Å². The summed E-state index contributed by atoms with van der Waals surface area (Å²) in [6.07, 6.45) is 7.49. The number of rotatable bonds is 6. The highest BCUT2D eigenvalue weighted by atomic mass is 16.1. The van der Waals surface area contributed by atoms with Crippen LogP contribution in [0.25, 0.3) is 21.8 Å². The van der Waals surface area contributed by atoms with E-state index >= 15 is 0 Å². The van der Waals surface area contributed by atoms with E-state index in [0.29, 0.717) is 5.92 Å². The molecule has 2 aromatic heterocycles. The van der Waals surface area contributed by atoms with E-state index in [1.807, 2.05) is 17.0 Å². The highest BCUT2D eigenvalue weighted by molar-refractivity contribution is 5.83. The van der Waals surface area contributed by atoms with Crippen molar-refractivity contribution in [2.75, 3.05) is 13.1 Å². The zero-order valence-corrected chi connectivity index (χ0v) is 17.1. The molecule has 0 radical (unpaired) electrons. The molecule has 1 aliphatic heterocycles. The molecule has 3 N–H and O–H groups in total. The van der Waals surface area contributed by atoms with Crippen molar-refractivity contribution < 1.29 is 4.79 Å². The van der Waals surface area contributed by atoms with Crippen LogP contribution in [0.15, 0.2) is 54.9 Å². The highest BCUT2D eigenvalue weighted by Crippen LogP contribution is 2.25. The van der Waals surface area contributed by atoms with E-state index in [0.717, 1.165) is 42.5 Å². The van der Waals surface area contributed by atoms with Crippen LogP contribution in [0.5, 0.6) is 0 Å². The van der Waals surface area contributed by atoms with Crippen LogP contribution in [0.4, 0.5) is 0 Å². The van der Waals surface area contributed by atoms with Crippen LogP contribution in [-0.2, 0) is 24.3 Å². The molecule has 6 nitrogen and oxygen atoms in total. The summed E-state index contributed by atoms with van der Waals surface area (Å²) in [5.41, 5.74) is 10.2. The Kier molecular flexibility index (Phi) is 5.01. The number of hydrogen-bond acceptors (Lipinski definition) is 3. The Morgan fingerprint density at radius 2 is 2.00 bits per heavy atom. The number of fused-ring (bicyclic) bond motifs is 2. The Labute approximate surface area is 175 Å². The van der Waals surface area contributed by atoms with Gasteiger partial charge in [-0.25, -0.2) is 0 Å². The summed E-state index contributed by atoms with van der Waals surface area (Å²) in [7, 11) is 0. The van der Waals surface area contributed by atoms with Gasteiger partial charge in [0.15, 0.2) is 0 Å². The first-order valence-corrected chi connectivity index (χ1v) is 10.6. The number of amides is 1. The number of nitrogens with two attached hydrogens (primary N) is 1. The summed E-state index contributed by atoms with van der Waals surface area (Å²) in [6.45, 7) is 3.47. The average molecular weight is 402 g/mol. The van der Waals surface area contributed by atoms with E-state index < -0.39 is 0 Å². The van der Waals surface area contributed by atoms with E-state index in [1.165, 1.54) is 29.4 Å². The van der Waals surface area contributed by atoms with E-state index in [1.54, 1.807) is 0 Å². The van der Waals surface area contributed by atoms with Gasteiger partial charge in [-0.3, -0.25) is 14.8 Å². The Hall–Kier alpha value is -3.12. The van der Waals surface area contributed by atoms with Crippen molar-refractivity contribution in [3.8, 4) is 0 Å². The summed E-state index contributed by atoms with van der Waals surface area (Å²) in [6, 6.07) is 15.2. The predicted molar refractivity (Wildman–Crippen MR) is 119 cm³/mol. The van der Waals surface area contributed by atoms with Crippen LogP contribution < -0.4 is 5.73 Å². The number of likely N-dealkylation sites (tertiary alicyclic amines) is 1. The maximum Gasteiger partial charge on any atom is 0.237 e. The first-order chi connectivity index (χ1) is 14.6. The van der Waals surface area contributed by atoms with Gasteiger partial charge in [0, 0.05) is 30.2 Å². The molecule has 0 spiro atoms. The fourth-order valence-electron chi connectivity index (χ4n) is 4.83. The molecule has 3 heterocycles. The topological polar surface area (TPSA) is 79.9 Å². The SMILES string of the molecule is NC(=O)Cn1ccc2cc(CN3CCC[C@H](Cc4ccc5[nH]ncc5c4)C3)ccc21. The maximum absolute atomic E-state index is 11.2. The molecule has 4 aromatic rings. The third-order valence-electron chi connectivity index (χ3n) is 6.20. The Bertz CT molecular complexity index is 1190. The number of primary amides is 1. The van der Waals surface area contributed by atoms with Crippen molar-refractivity contribution in [3.63, 3.8) is 0 Å². The number of nitrogens with zero attached hydrogens (tertiary/aromatic N) is 3. The second-order valence-corrected chi connectivity index (χ2v) is 8.54. The number of hydrogen-bond donors (Lipinski definition) is 2. The van der Waals surface area contributed by atoms with Crippen LogP contribution in [-0.4, -0.2) is 38.7 Å². The molecule has 0 unspecified atom stereocenters. The lowest BCUT2D eigenvalue weighted by Gasteiger charge is -2.33. The fourth-order valence-corrected chi connectivity index (χ4v) is 4.83. The minimum atomic E-state index is -0.317. The first kappa shape index (κ1) is 18.9. The first-order valence-electron chi connectivity index (χ1n) is 10.6. The van der Waals surface area contributed by atoms with Gasteiger partial charge in [0.2, 0.25) is 5.91 Å². The monoisotopic (exact) mass is 401 g/mol. The van der Waals surface area contributed by atoms with Crippen LogP contribution in [0, 0.1) is 5.92 Å². The molecule has 2 aromatic carbocycles. The minimum Gasteiger partial charge on any atom is -0.368 e. The van der Waals surface area contributed by atoms with E-state index in [2.05, 4.69) is 57.6 Å². The third kappa shape index (κ3) is 3.96. The lowest BCUT2D eigenvalue weighted by molar-refractivity contribution is -0.118. The number of carbonyl (C=O) groups excluding carboxylic acids is 1. The molecular weight excluding hydrogens is 374 g/mol. The standard InChI is InChI=1S/C24H27N5O/c25-24(30)16-29-9-7-20-12-19(4-6-23(20)29)15-28-8-1-2-18(14-28)10-17-3-5-22-21(11-17)13-26-27-22/h3-7,9,11-13,18H,1-2,8,10,14-16H2,(H2,25,30)(H,26,27)/t18-/m1/s1. The molecule has 0 aliphatic carbocycles. The van der Waals surface area contributed by atoms with Crippen molar-refractivity contribution in [1.29, 1.82) is 0 Å². The highest BCUT2D eigenvalue weighted by Gasteiger charge is 2.20. The number of piperidine rings is 1. The normalized spacial score (nSPS) is 17.7. The summed E-state index contributed by atoms with van der Waals surface area (Å²) in [5, 5.41) is 9.51. The van der Waals surface area contributed by atoms with Crippen LogP contribution in [0.3, 0.4) is 0 Å². The molecule has 1 amide bonds. The molecule has 0 bridgehead atoms.